The summed E-state index contributed by atoms with van der Waals surface area (Å²) in [6, 6.07) is 8.81. The summed E-state index contributed by atoms with van der Waals surface area (Å²) in [6.07, 6.45) is 3.63. The van der Waals surface area contributed by atoms with E-state index in [1.165, 1.54) is 0 Å². The van der Waals surface area contributed by atoms with Crippen molar-refractivity contribution in [3.05, 3.63) is 53.3 Å². The first-order valence-corrected chi connectivity index (χ1v) is 5.04. The third kappa shape index (κ3) is 1.80. The van der Waals surface area contributed by atoms with E-state index in [4.69, 9.17) is 17.4 Å². The molecule has 1 amide bonds. The van der Waals surface area contributed by atoms with Gasteiger partial charge in [0.15, 0.2) is 0 Å². The fraction of sp³-hybridized carbons (Fsp3) is 0. The van der Waals surface area contributed by atoms with Gasteiger partial charge in [-0.2, -0.15) is 0 Å². The molecule has 4 nitrogen and oxygen atoms in total. The molecular weight excluding hydrogens is 226 g/mol. The average molecular weight is 236 g/mol. The van der Waals surface area contributed by atoms with Gasteiger partial charge in [-0.15, -0.1) is 0 Å². The van der Waals surface area contributed by atoms with Gasteiger partial charge in [-0.25, -0.2) is 5.84 Å². The van der Waals surface area contributed by atoms with Gasteiger partial charge in [0.25, 0.3) is 5.91 Å². The maximum Gasteiger partial charge on any atom is 0.267 e. The monoisotopic (exact) mass is 235 g/mol. The molecule has 0 unspecified atom stereocenters. The molecule has 16 heavy (non-hydrogen) atoms. The van der Waals surface area contributed by atoms with Crippen LogP contribution in [0.4, 0.5) is 0 Å². The summed E-state index contributed by atoms with van der Waals surface area (Å²) in [7, 11) is 0. The number of nitrogen functional groups attached to an aromatic ring is 1. The molecule has 1 heterocycles. The van der Waals surface area contributed by atoms with Crippen molar-refractivity contribution < 1.29 is 4.79 Å². The number of amides is 1. The van der Waals surface area contributed by atoms with Crippen LogP contribution in [0.25, 0.3) is 5.69 Å². The van der Waals surface area contributed by atoms with Crippen LogP contribution in [0, 0.1) is 0 Å². The highest BCUT2D eigenvalue weighted by molar-refractivity contribution is 6.33. The van der Waals surface area contributed by atoms with Crippen molar-refractivity contribution in [1.82, 2.24) is 9.99 Å². The van der Waals surface area contributed by atoms with Crippen LogP contribution in [0.3, 0.4) is 0 Å². The van der Waals surface area contributed by atoms with Crippen molar-refractivity contribution in [2.24, 2.45) is 5.84 Å². The molecule has 3 N–H and O–H groups in total. The number of nitrogens with two attached hydrogens (primary N) is 1. The molecule has 0 radical (unpaired) electrons. The SMILES string of the molecule is NNC(=O)c1cccc(Cl)c1-n1cccc1. The second kappa shape index (κ2) is 4.38. The Morgan fingerprint density at radius 1 is 1.25 bits per heavy atom. The van der Waals surface area contributed by atoms with E-state index < -0.39 is 0 Å². The van der Waals surface area contributed by atoms with Crippen molar-refractivity contribution in [3.63, 3.8) is 0 Å². The predicted molar refractivity (Wildman–Crippen MR) is 62.4 cm³/mol. The van der Waals surface area contributed by atoms with E-state index >= 15 is 0 Å². The van der Waals surface area contributed by atoms with Crippen LogP contribution in [0.15, 0.2) is 42.7 Å². The summed E-state index contributed by atoms with van der Waals surface area (Å²) in [5.41, 5.74) is 3.16. The van der Waals surface area contributed by atoms with E-state index in [0.717, 1.165) is 0 Å². The fourth-order valence-corrected chi connectivity index (χ4v) is 1.79. The minimum absolute atomic E-state index is 0.369. The molecule has 1 aromatic carbocycles. The molecule has 0 aliphatic rings. The normalized spacial score (nSPS) is 10.1. The smallest absolute Gasteiger partial charge is 0.267 e. The lowest BCUT2D eigenvalue weighted by Crippen LogP contribution is -2.30. The molecule has 0 fully saturated rings. The zero-order valence-electron chi connectivity index (χ0n) is 8.35. The van der Waals surface area contributed by atoms with Crippen molar-refractivity contribution in [3.8, 4) is 5.69 Å². The average Bonchev–Trinajstić information content (AvgIpc) is 2.81. The van der Waals surface area contributed by atoms with Gasteiger partial charge in [0.1, 0.15) is 0 Å². The summed E-state index contributed by atoms with van der Waals surface area (Å²) in [6.45, 7) is 0. The molecule has 0 aliphatic carbocycles. The van der Waals surface area contributed by atoms with E-state index in [0.29, 0.717) is 16.3 Å². The van der Waals surface area contributed by atoms with Crippen LogP contribution in [0.5, 0.6) is 0 Å². The number of para-hydroxylation sites is 1. The molecule has 5 heteroatoms. The topological polar surface area (TPSA) is 60.0 Å². The molecule has 0 atom stereocenters. The third-order valence-corrected chi connectivity index (χ3v) is 2.53. The minimum atomic E-state index is -0.369. The lowest BCUT2D eigenvalue weighted by atomic mass is 10.1. The summed E-state index contributed by atoms with van der Waals surface area (Å²) in [5, 5.41) is 0.498. The number of aromatic nitrogens is 1. The number of hydrazine groups is 1. The van der Waals surface area contributed by atoms with E-state index in [2.05, 4.69) is 5.43 Å². The third-order valence-electron chi connectivity index (χ3n) is 2.23. The van der Waals surface area contributed by atoms with Gasteiger partial charge in [0.05, 0.1) is 16.3 Å². The Morgan fingerprint density at radius 2 is 1.94 bits per heavy atom. The Kier molecular flexibility index (Phi) is 2.94. The predicted octanol–water partition coefficient (Wildman–Crippen LogP) is 1.73. The summed E-state index contributed by atoms with van der Waals surface area (Å²) < 4.78 is 1.77. The highest BCUT2D eigenvalue weighted by atomic mass is 35.5. The number of halogens is 1. The van der Waals surface area contributed by atoms with Crippen molar-refractivity contribution >= 4 is 17.5 Å². The first-order chi connectivity index (χ1) is 7.74. The van der Waals surface area contributed by atoms with Crippen molar-refractivity contribution in [2.45, 2.75) is 0 Å². The first-order valence-electron chi connectivity index (χ1n) is 4.67. The van der Waals surface area contributed by atoms with Crippen LogP contribution in [-0.2, 0) is 0 Å². The van der Waals surface area contributed by atoms with E-state index in [-0.39, 0.29) is 5.91 Å². The Morgan fingerprint density at radius 3 is 2.56 bits per heavy atom. The number of rotatable bonds is 2. The van der Waals surface area contributed by atoms with Gasteiger partial charge < -0.3 is 4.57 Å². The molecule has 0 spiro atoms. The number of benzene rings is 1. The zero-order valence-corrected chi connectivity index (χ0v) is 9.11. The van der Waals surface area contributed by atoms with Gasteiger partial charge in [0, 0.05) is 12.4 Å². The van der Waals surface area contributed by atoms with Crippen LogP contribution >= 0.6 is 11.6 Å². The van der Waals surface area contributed by atoms with Gasteiger partial charge >= 0.3 is 0 Å². The summed E-state index contributed by atoms with van der Waals surface area (Å²) in [5.74, 6) is 4.76. The van der Waals surface area contributed by atoms with E-state index in [1.54, 1.807) is 22.8 Å². The lowest BCUT2D eigenvalue weighted by Gasteiger charge is -2.11. The Bertz CT molecular complexity index is 508. The zero-order chi connectivity index (χ0) is 11.5. The van der Waals surface area contributed by atoms with Gasteiger partial charge in [-0.05, 0) is 24.3 Å². The second-order valence-corrected chi connectivity index (χ2v) is 3.61. The molecule has 82 valence electrons. The van der Waals surface area contributed by atoms with Gasteiger partial charge in [-0.3, -0.25) is 10.2 Å². The highest BCUT2D eigenvalue weighted by Gasteiger charge is 2.13. The van der Waals surface area contributed by atoms with Crippen LogP contribution in [0.2, 0.25) is 5.02 Å². The quantitative estimate of drug-likeness (QED) is 0.473. The largest absolute Gasteiger partial charge is 0.322 e. The molecule has 0 bridgehead atoms. The summed E-state index contributed by atoms with van der Waals surface area (Å²) >= 11 is 6.08. The van der Waals surface area contributed by atoms with Crippen LogP contribution in [-0.4, -0.2) is 10.5 Å². The number of hydrogen-bond donors (Lipinski definition) is 2. The van der Waals surface area contributed by atoms with E-state index in [9.17, 15) is 4.79 Å². The Labute approximate surface area is 97.6 Å². The van der Waals surface area contributed by atoms with Crippen molar-refractivity contribution in [2.75, 3.05) is 0 Å². The molecule has 1 aromatic heterocycles. The first kappa shape index (κ1) is 10.7. The lowest BCUT2D eigenvalue weighted by molar-refractivity contribution is 0.0953. The summed E-state index contributed by atoms with van der Waals surface area (Å²) in [4.78, 5) is 11.6. The number of nitrogens with one attached hydrogen (secondary N) is 1. The minimum Gasteiger partial charge on any atom is -0.322 e. The van der Waals surface area contributed by atoms with Crippen molar-refractivity contribution in [1.29, 1.82) is 0 Å². The van der Waals surface area contributed by atoms with Crippen LogP contribution < -0.4 is 11.3 Å². The molecule has 2 aromatic rings. The number of nitrogens with zero attached hydrogens (tertiary/aromatic N) is 1. The maximum atomic E-state index is 11.6. The van der Waals surface area contributed by atoms with Gasteiger partial charge in [0.2, 0.25) is 0 Å². The molecule has 0 saturated heterocycles. The molecular formula is C11H10ClN3O. The molecule has 0 saturated carbocycles. The van der Waals surface area contributed by atoms with E-state index in [1.807, 2.05) is 24.5 Å². The number of carbonyl (C=O) groups is 1. The van der Waals surface area contributed by atoms with Gasteiger partial charge in [-0.1, -0.05) is 17.7 Å². The fourth-order valence-electron chi connectivity index (χ4n) is 1.52. The number of hydrogen-bond acceptors (Lipinski definition) is 2. The molecule has 0 aliphatic heterocycles. The number of carbonyl (C=O) groups excluding carboxylic acids is 1. The van der Waals surface area contributed by atoms with Crippen LogP contribution in [0.1, 0.15) is 10.4 Å². The Hall–Kier alpha value is -1.78. The molecule has 2 rings (SSSR count). The maximum absolute atomic E-state index is 11.6. The standard InChI is InChI=1S/C11H10ClN3O/c12-9-5-3-4-8(11(16)14-13)10(9)15-6-1-2-7-15/h1-7H,13H2,(H,14,16). The second-order valence-electron chi connectivity index (χ2n) is 3.20. The Balaban J connectivity index is 2.62. The highest BCUT2D eigenvalue weighted by Crippen LogP contribution is 2.24.